The molecule has 1 aromatic carbocycles. The lowest BCUT2D eigenvalue weighted by Crippen LogP contribution is -2.36. The molecule has 1 aliphatic heterocycles. The fourth-order valence-electron chi connectivity index (χ4n) is 1.94. The van der Waals surface area contributed by atoms with Gasteiger partial charge in [0.15, 0.2) is 0 Å². The molecule has 1 heterocycles. The zero-order valence-electron chi connectivity index (χ0n) is 9.59. The molecule has 5 nitrogen and oxygen atoms in total. The lowest BCUT2D eigenvalue weighted by molar-refractivity contribution is -0.384. The van der Waals surface area contributed by atoms with Crippen molar-refractivity contribution in [2.75, 3.05) is 13.2 Å². The van der Waals surface area contributed by atoms with Crippen molar-refractivity contribution >= 4 is 5.69 Å². The molecule has 0 spiro atoms. The van der Waals surface area contributed by atoms with Crippen molar-refractivity contribution in [1.82, 2.24) is 5.32 Å². The third kappa shape index (κ3) is 3.51. The van der Waals surface area contributed by atoms with Gasteiger partial charge in [-0.3, -0.25) is 10.1 Å². The summed E-state index contributed by atoms with van der Waals surface area (Å²) in [6, 6.07) is 7.09. The molecule has 0 saturated carbocycles. The zero-order chi connectivity index (χ0) is 12.1. The molecule has 5 heteroatoms. The Kier molecular flexibility index (Phi) is 4.06. The molecule has 1 fully saturated rings. The van der Waals surface area contributed by atoms with E-state index in [1.54, 1.807) is 12.1 Å². The maximum Gasteiger partial charge on any atom is 0.269 e. The van der Waals surface area contributed by atoms with Crippen molar-refractivity contribution in [2.24, 2.45) is 0 Å². The average molecular weight is 236 g/mol. The molecule has 0 amide bonds. The summed E-state index contributed by atoms with van der Waals surface area (Å²) in [6.07, 6.45) is 2.18. The first kappa shape index (κ1) is 12.0. The van der Waals surface area contributed by atoms with E-state index in [0.717, 1.165) is 31.6 Å². The summed E-state index contributed by atoms with van der Waals surface area (Å²) in [7, 11) is 0. The fourth-order valence-corrected chi connectivity index (χ4v) is 1.94. The number of ether oxygens (including phenoxy) is 1. The molecule has 1 aromatic rings. The Hall–Kier alpha value is -1.46. The number of non-ortho nitro benzene ring substituents is 1. The van der Waals surface area contributed by atoms with Crippen molar-refractivity contribution in [2.45, 2.75) is 25.4 Å². The van der Waals surface area contributed by atoms with Gasteiger partial charge in [-0.05, 0) is 18.4 Å². The van der Waals surface area contributed by atoms with Crippen LogP contribution in [-0.2, 0) is 11.3 Å². The van der Waals surface area contributed by atoms with Gasteiger partial charge >= 0.3 is 0 Å². The van der Waals surface area contributed by atoms with E-state index in [-0.39, 0.29) is 10.6 Å². The number of nitro groups is 1. The third-order valence-corrected chi connectivity index (χ3v) is 2.88. The van der Waals surface area contributed by atoms with Crippen LogP contribution >= 0.6 is 0 Å². The molecular formula is C12H16N2O3. The minimum Gasteiger partial charge on any atom is -0.380 e. The predicted molar refractivity (Wildman–Crippen MR) is 63.8 cm³/mol. The average Bonchev–Trinajstić information content (AvgIpc) is 2.38. The highest BCUT2D eigenvalue weighted by Gasteiger charge is 2.13. The second kappa shape index (κ2) is 5.75. The number of nitrogens with one attached hydrogen (secondary N) is 1. The summed E-state index contributed by atoms with van der Waals surface area (Å²) < 4.78 is 5.36. The summed E-state index contributed by atoms with van der Waals surface area (Å²) in [4.78, 5) is 10.3. The molecule has 1 saturated heterocycles. The highest BCUT2D eigenvalue weighted by Crippen LogP contribution is 2.13. The SMILES string of the molecule is O=[N+]([O-])c1cccc(CNC2CCCOC2)c1. The molecule has 0 aromatic heterocycles. The van der Waals surface area contributed by atoms with Gasteiger partial charge in [-0.2, -0.15) is 0 Å². The van der Waals surface area contributed by atoms with E-state index in [1.165, 1.54) is 6.07 Å². The third-order valence-electron chi connectivity index (χ3n) is 2.88. The molecule has 0 bridgehead atoms. The maximum absolute atomic E-state index is 10.6. The molecular weight excluding hydrogens is 220 g/mol. The van der Waals surface area contributed by atoms with Crippen LogP contribution in [0.3, 0.4) is 0 Å². The molecule has 1 atom stereocenters. The first-order valence-electron chi connectivity index (χ1n) is 5.80. The van der Waals surface area contributed by atoms with Gasteiger partial charge in [-0.1, -0.05) is 12.1 Å². The van der Waals surface area contributed by atoms with Gasteiger partial charge in [0.2, 0.25) is 0 Å². The first-order chi connectivity index (χ1) is 8.25. The van der Waals surface area contributed by atoms with Crippen LogP contribution in [0.15, 0.2) is 24.3 Å². The monoisotopic (exact) mass is 236 g/mol. The summed E-state index contributed by atoms with van der Waals surface area (Å²) in [5.74, 6) is 0. The standard InChI is InChI=1S/C12H16N2O3/c15-14(16)12-5-1-3-10(7-12)8-13-11-4-2-6-17-9-11/h1,3,5,7,11,13H,2,4,6,8-9H2. The van der Waals surface area contributed by atoms with E-state index in [2.05, 4.69) is 5.32 Å². The molecule has 1 aliphatic rings. The summed E-state index contributed by atoms with van der Waals surface area (Å²) in [5, 5.41) is 14.0. The Morgan fingerprint density at radius 1 is 1.53 bits per heavy atom. The molecule has 0 radical (unpaired) electrons. The Morgan fingerprint density at radius 2 is 2.41 bits per heavy atom. The summed E-state index contributed by atoms with van der Waals surface area (Å²) in [5.41, 5.74) is 1.08. The van der Waals surface area contributed by atoms with Gasteiger partial charge in [0.1, 0.15) is 0 Å². The van der Waals surface area contributed by atoms with Gasteiger partial charge in [-0.15, -0.1) is 0 Å². The number of hydrogen-bond acceptors (Lipinski definition) is 4. The predicted octanol–water partition coefficient (Wildman–Crippen LogP) is 1.86. The van der Waals surface area contributed by atoms with Crippen molar-refractivity contribution in [1.29, 1.82) is 0 Å². The quantitative estimate of drug-likeness (QED) is 0.640. The number of nitro benzene ring substituents is 1. The van der Waals surface area contributed by atoms with Gasteiger partial charge in [-0.25, -0.2) is 0 Å². The van der Waals surface area contributed by atoms with E-state index >= 15 is 0 Å². The minimum absolute atomic E-state index is 0.143. The molecule has 92 valence electrons. The van der Waals surface area contributed by atoms with E-state index in [0.29, 0.717) is 12.6 Å². The van der Waals surface area contributed by atoms with E-state index in [1.807, 2.05) is 6.07 Å². The van der Waals surface area contributed by atoms with Crippen LogP contribution in [0.2, 0.25) is 0 Å². The van der Waals surface area contributed by atoms with Crippen LogP contribution < -0.4 is 5.32 Å². The molecule has 1 unspecified atom stereocenters. The highest BCUT2D eigenvalue weighted by molar-refractivity contribution is 5.34. The molecule has 1 N–H and O–H groups in total. The molecule has 17 heavy (non-hydrogen) atoms. The number of benzene rings is 1. The first-order valence-corrected chi connectivity index (χ1v) is 5.80. The van der Waals surface area contributed by atoms with Crippen molar-refractivity contribution in [3.8, 4) is 0 Å². The van der Waals surface area contributed by atoms with E-state index < -0.39 is 0 Å². The van der Waals surface area contributed by atoms with Crippen LogP contribution in [0.4, 0.5) is 5.69 Å². The second-order valence-electron chi connectivity index (χ2n) is 4.22. The van der Waals surface area contributed by atoms with Crippen LogP contribution in [0, 0.1) is 10.1 Å². The lowest BCUT2D eigenvalue weighted by Gasteiger charge is -2.23. The van der Waals surface area contributed by atoms with Gasteiger partial charge in [0.05, 0.1) is 11.5 Å². The molecule has 2 rings (SSSR count). The lowest BCUT2D eigenvalue weighted by atomic mass is 10.1. The van der Waals surface area contributed by atoms with Crippen LogP contribution in [0.5, 0.6) is 0 Å². The van der Waals surface area contributed by atoms with E-state index in [9.17, 15) is 10.1 Å². The Bertz CT molecular complexity index is 389. The van der Waals surface area contributed by atoms with Gasteiger partial charge in [0, 0.05) is 31.3 Å². The van der Waals surface area contributed by atoms with E-state index in [4.69, 9.17) is 4.74 Å². The normalized spacial score (nSPS) is 20.1. The maximum atomic E-state index is 10.6. The summed E-state index contributed by atoms with van der Waals surface area (Å²) in [6.45, 7) is 2.22. The van der Waals surface area contributed by atoms with Crippen LogP contribution in [0.1, 0.15) is 18.4 Å². The number of nitrogens with zero attached hydrogens (tertiary/aromatic N) is 1. The topological polar surface area (TPSA) is 64.4 Å². The Morgan fingerprint density at radius 3 is 3.12 bits per heavy atom. The Labute approximate surface area is 99.9 Å². The second-order valence-corrected chi connectivity index (χ2v) is 4.22. The van der Waals surface area contributed by atoms with Crippen molar-refractivity contribution in [3.63, 3.8) is 0 Å². The largest absolute Gasteiger partial charge is 0.380 e. The molecule has 0 aliphatic carbocycles. The van der Waals surface area contributed by atoms with Gasteiger partial charge in [0.25, 0.3) is 5.69 Å². The van der Waals surface area contributed by atoms with Crippen LogP contribution in [0.25, 0.3) is 0 Å². The number of rotatable bonds is 4. The number of hydrogen-bond donors (Lipinski definition) is 1. The zero-order valence-corrected chi connectivity index (χ0v) is 9.59. The van der Waals surface area contributed by atoms with Crippen molar-refractivity contribution in [3.05, 3.63) is 39.9 Å². The highest BCUT2D eigenvalue weighted by atomic mass is 16.6. The summed E-state index contributed by atoms with van der Waals surface area (Å²) >= 11 is 0. The Balaban J connectivity index is 1.89. The van der Waals surface area contributed by atoms with Crippen LogP contribution in [-0.4, -0.2) is 24.2 Å². The van der Waals surface area contributed by atoms with Gasteiger partial charge < -0.3 is 10.1 Å². The smallest absolute Gasteiger partial charge is 0.269 e. The minimum atomic E-state index is -0.368. The van der Waals surface area contributed by atoms with Crippen molar-refractivity contribution < 1.29 is 9.66 Å². The fraction of sp³-hybridized carbons (Fsp3) is 0.500.